The number of rotatable bonds is 1. The van der Waals surface area contributed by atoms with Crippen LogP contribution in [-0.4, -0.2) is 11.0 Å². The van der Waals surface area contributed by atoms with Crippen molar-refractivity contribution in [2.45, 2.75) is 19.4 Å². The highest BCUT2D eigenvalue weighted by molar-refractivity contribution is 6.12. The predicted molar refractivity (Wildman–Crippen MR) is 79.4 cm³/mol. The normalized spacial score (nSPS) is 13.7. The van der Waals surface area contributed by atoms with Gasteiger partial charge in [-0.25, -0.2) is 0 Å². The minimum atomic E-state index is -0.946. The molecule has 0 saturated carbocycles. The SMILES string of the molecule is CC(C)(O)c1ccc2c(c1)NC(=O)c1ccccc1N2. The van der Waals surface area contributed by atoms with Crippen LogP contribution in [0.4, 0.5) is 17.1 Å². The minimum absolute atomic E-state index is 0.153. The van der Waals surface area contributed by atoms with Crippen LogP contribution in [-0.2, 0) is 5.60 Å². The van der Waals surface area contributed by atoms with E-state index in [1.54, 1.807) is 26.0 Å². The lowest BCUT2D eigenvalue weighted by atomic mass is 9.97. The number of para-hydroxylation sites is 1. The van der Waals surface area contributed by atoms with Gasteiger partial charge in [0.1, 0.15) is 0 Å². The van der Waals surface area contributed by atoms with Crippen molar-refractivity contribution in [2.24, 2.45) is 0 Å². The van der Waals surface area contributed by atoms with Crippen molar-refractivity contribution < 1.29 is 9.90 Å². The van der Waals surface area contributed by atoms with E-state index < -0.39 is 5.60 Å². The summed E-state index contributed by atoms with van der Waals surface area (Å²) in [5.74, 6) is -0.153. The largest absolute Gasteiger partial charge is 0.386 e. The molecule has 4 heteroatoms. The third kappa shape index (κ3) is 2.14. The van der Waals surface area contributed by atoms with Crippen molar-refractivity contribution in [3.8, 4) is 0 Å². The molecule has 20 heavy (non-hydrogen) atoms. The highest BCUT2D eigenvalue weighted by atomic mass is 16.3. The summed E-state index contributed by atoms with van der Waals surface area (Å²) in [4.78, 5) is 12.2. The van der Waals surface area contributed by atoms with Gasteiger partial charge in [0, 0.05) is 0 Å². The third-order valence-electron chi connectivity index (χ3n) is 3.42. The molecule has 1 aliphatic heterocycles. The molecule has 0 spiro atoms. The number of amides is 1. The number of fused-ring (bicyclic) bond motifs is 2. The number of hydrogen-bond donors (Lipinski definition) is 3. The Morgan fingerprint density at radius 2 is 1.70 bits per heavy atom. The summed E-state index contributed by atoms with van der Waals surface area (Å²) < 4.78 is 0. The van der Waals surface area contributed by atoms with Crippen molar-refractivity contribution in [3.05, 3.63) is 53.6 Å². The van der Waals surface area contributed by atoms with E-state index in [0.717, 1.165) is 16.9 Å². The average Bonchev–Trinajstić information content (AvgIpc) is 2.53. The topological polar surface area (TPSA) is 61.4 Å². The van der Waals surface area contributed by atoms with E-state index in [4.69, 9.17) is 0 Å². The van der Waals surface area contributed by atoms with Crippen molar-refractivity contribution in [1.29, 1.82) is 0 Å². The van der Waals surface area contributed by atoms with Crippen molar-refractivity contribution in [2.75, 3.05) is 10.6 Å². The molecule has 0 saturated heterocycles. The Morgan fingerprint density at radius 1 is 0.950 bits per heavy atom. The Labute approximate surface area is 117 Å². The molecule has 0 unspecified atom stereocenters. The number of nitrogens with one attached hydrogen (secondary N) is 2. The maximum Gasteiger partial charge on any atom is 0.257 e. The molecule has 0 fully saturated rings. The number of aliphatic hydroxyl groups is 1. The molecule has 1 aliphatic rings. The van der Waals surface area contributed by atoms with Crippen LogP contribution >= 0.6 is 0 Å². The first kappa shape index (κ1) is 12.7. The molecule has 0 atom stereocenters. The minimum Gasteiger partial charge on any atom is -0.386 e. The summed E-state index contributed by atoms with van der Waals surface area (Å²) in [6.45, 7) is 3.44. The zero-order chi connectivity index (χ0) is 14.3. The molecule has 0 radical (unpaired) electrons. The molecule has 0 aliphatic carbocycles. The maximum atomic E-state index is 12.2. The van der Waals surface area contributed by atoms with Gasteiger partial charge in [0.05, 0.1) is 28.2 Å². The fraction of sp³-hybridized carbons (Fsp3) is 0.188. The number of carbonyl (C=O) groups excluding carboxylic acids is 1. The summed E-state index contributed by atoms with van der Waals surface area (Å²) in [6.07, 6.45) is 0. The fourth-order valence-electron chi connectivity index (χ4n) is 2.26. The fourth-order valence-corrected chi connectivity index (χ4v) is 2.26. The first-order valence-corrected chi connectivity index (χ1v) is 6.49. The molecule has 4 nitrogen and oxygen atoms in total. The maximum absolute atomic E-state index is 12.2. The van der Waals surface area contributed by atoms with Crippen LogP contribution in [0.1, 0.15) is 29.8 Å². The van der Waals surface area contributed by atoms with Crippen LogP contribution in [0.2, 0.25) is 0 Å². The van der Waals surface area contributed by atoms with Crippen LogP contribution in [0.3, 0.4) is 0 Å². The van der Waals surface area contributed by atoms with Crippen LogP contribution < -0.4 is 10.6 Å². The van der Waals surface area contributed by atoms with Crippen LogP contribution in [0.15, 0.2) is 42.5 Å². The molecule has 1 amide bonds. The molecule has 3 N–H and O–H groups in total. The second-order valence-corrected chi connectivity index (χ2v) is 5.44. The second kappa shape index (κ2) is 4.35. The van der Waals surface area contributed by atoms with Crippen molar-refractivity contribution in [1.82, 2.24) is 0 Å². The quantitative estimate of drug-likeness (QED) is 0.744. The molecular formula is C16H16N2O2. The number of anilines is 3. The number of hydrogen-bond acceptors (Lipinski definition) is 3. The van der Waals surface area contributed by atoms with Gasteiger partial charge < -0.3 is 15.7 Å². The lowest BCUT2D eigenvalue weighted by molar-refractivity contribution is 0.0786. The van der Waals surface area contributed by atoms with E-state index in [9.17, 15) is 9.90 Å². The van der Waals surface area contributed by atoms with E-state index in [-0.39, 0.29) is 5.91 Å². The Kier molecular flexibility index (Phi) is 2.76. The lowest BCUT2D eigenvalue weighted by Gasteiger charge is -2.19. The van der Waals surface area contributed by atoms with Gasteiger partial charge in [0.25, 0.3) is 5.91 Å². The average molecular weight is 268 g/mol. The Morgan fingerprint density at radius 3 is 2.45 bits per heavy atom. The van der Waals surface area contributed by atoms with E-state index in [1.165, 1.54) is 0 Å². The van der Waals surface area contributed by atoms with E-state index in [0.29, 0.717) is 11.3 Å². The lowest BCUT2D eigenvalue weighted by Crippen LogP contribution is -2.16. The van der Waals surface area contributed by atoms with Gasteiger partial charge in [-0.2, -0.15) is 0 Å². The van der Waals surface area contributed by atoms with Gasteiger partial charge in [-0.1, -0.05) is 18.2 Å². The molecule has 0 bridgehead atoms. The van der Waals surface area contributed by atoms with Crippen molar-refractivity contribution >= 4 is 23.0 Å². The van der Waals surface area contributed by atoms with Gasteiger partial charge in [-0.3, -0.25) is 4.79 Å². The molecule has 102 valence electrons. The predicted octanol–water partition coefficient (Wildman–Crippen LogP) is 3.22. The summed E-state index contributed by atoms with van der Waals surface area (Å²) in [5.41, 5.74) is 2.68. The van der Waals surface area contributed by atoms with E-state index in [1.807, 2.05) is 30.3 Å². The number of carbonyl (C=O) groups is 1. The number of benzene rings is 2. The molecule has 0 aromatic heterocycles. The molecule has 2 aromatic rings. The van der Waals surface area contributed by atoms with Crippen LogP contribution in [0.5, 0.6) is 0 Å². The van der Waals surface area contributed by atoms with E-state index >= 15 is 0 Å². The second-order valence-electron chi connectivity index (χ2n) is 5.44. The van der Waals surface area contributed by atoms with E-state index in [2.05, 4.69) is 10.6 Å². The first-order chi connectivity index (χ1) is 9.45. The zero-order valence-electron chi connectivity index (χ0n) is 11.4. The van der Waals surface area contributed by atoms with Gasteiger partial charge in [0.2, 0.25) is 0 Å². The Balaban J connectivity index is 2.10. The Hall–Kier alpha value is -2.33. The summed E-state index contributed by atoms with van der Waals surface area (Å²) >= 11 is 0. The van der Waals surface area contributed by atoms with Crippen molar-refractivity contribution in [3.63, 3.8) is 0 Å². The zero-order valence-corrected chi connectivity index (χ0v) is 11.4. The third-order valence-corrected chi connectivity index (χ3v) is 3.42. The molecular weight excluding hydrogens is 252 g/mol. The van der Waals surface area contributed by atoms with Gasteiger partial charge >= 0.3 is 0 Å². The standard InChI is InChI=1S/C16H16N2O2/c1-16(2,20)10-7-8-13-14(9-10)18-15(19)11-5-3-4-6-12(11)17-13/h3-9,17,20H,1-2H3,(H,18,19). The molecule has 2 aromatic carbocycles. The van der Waals surface area contributed by atoms with Crippen LogP contribution in [0.25, 0.3) is 0 Å². The van der Waals surface area contributed by atoms with Gasteiger partial charge in [-0.05, 0) is 43.7 Å². The smallest absolute Gasteiger partial charge is 0.257 e. The molecule has 1 heterocycles. The molecule has 3 rings (SSSR count). The monoisotopic (exact) mass is 268 g/mol. The Bertz CT molecular complexity index is 687. The van der Waals surface area contributed by atoms with Crippen LogP contribution in [0, 0.1) is 0 Å². The summed E-state index contributed by atoms with van der Waals surface area (Å²) in [6, 6.07) is 12.9. The summed E-state index contributed by atoms with van der Waals surface area (Å²) in [5, 5.41) is 16.2. The first-order valence-electron chi connectivity index (χ1n) is 6.49. The van der Waals surface area contributed by atoms with Gasteiger partial charge in [-0.15, -0.1) is 0 Å². The highest BCUT2D eigenvalue weighted by Gasteiger charge is 2.22. The van der Waals surface area contributed by atoms with Gasteiger partial charge in [0.15, 0.2) is 0 Å². The summed E-state index contributed by atoms with van der Waals surface area (Å²) in [7, 11) is 0. The highest BCUT2D eigenvalue weighted by Crippen LogP contribution is 2.34.